The number of oxime groups is 1. The molecule has 1 amide bonds. The lowest BCUT2D eigenvalue weighted by molar-refractivity contribution is 0.0491. The fourth-order valence-electron chi connectivity index (χ4n) is 5.38. The van der Waals surface area contributed by atoms with Crippen LogP contribution in [-0.4, -0.2) is 53.6 Å². The SMILES string of the molecule is CO/N=C1\c2cc(N(C)C3CCC(NC(=O)OC(C)(C)C)CC3)ccc2-c2ncnc(N)c2C1(C)C. The van der Waals surface area contributed by atoms with Crippen LogP contribution in [0.5, 0.6) is 0 Å². The first-order chi connectivity index (χ1) is 16.9. The van der Waals surface area contributed by atoms with Crippen molar-refractivity contribution in [1.29, 1.82) is 0 Å². The van der Waals surface area contributed by atoms with Crippen molar-refractivity contribution in [2.45, 2.75) is 83.4 Å². The molecule has 3 N–H and O–H groups in total. The minimum absolute atomic E-state index is 0.135. The van der Waals surface area contributed by atoms with E-state index in [9.17, 15) is 4.79 Å². The second-order valence-electron chi connectivity index (χ2n) is 11.2. The monoisotopic (exact) mass is 494 g/mol. The number of amides is 1. The number of nitrogens with one attached hydrogen (secondary N) is 1. The number of rotatable bonds is 4. The largest absolute Gasteiger partial charge is 0.444 e. The van der Waals surface area contributed by atoms with Crippen molar-refractivity contribution in [2.24, 2.45) is 5.16 Å². The van der Waals surface area contributed by atoms with Crippen LogP contribution in [-0.2, 0) is 15.0 Å². The van der Waals surface area contributed by atoms with Crippen LogP contribution in [0.25, 0.3) is 11.3 Å². The van der Waals surface area contributed by atoms with Gasteiger partial charge in [0.15, 0.2) is 0 Å². The number of fused-ring (bicyclic) bond motifs is 3. The van der Waals surface area contributed by atoms with Gasteiger partial charge in [-0.25, -0.2) is 14.8 Å². The van der Waals surface area contributed by atoms with E-state index in [4.69, 9.17) is 15.3 Å². The Bertz CT molecular complexity index is 1160. The lowest BCUT2D eigenvalue weighted by Gasteiger charge is -2.38. The molecule has 1 saturated carbocycles. The molecule has 1 aromatic heterocycles. The second-order valence-corrected chi connectivity index (χ2v) is 11.2. The van der Waals surface area contributed by atoms with Gasteiger partial charge in [0.25, 0.3) is 0 Å². The molecule has 2 aromatic rings. The summed E-state index contributed by atoms with van der Waals surface area (Å²) < 4.78 is 5.42. The first-order valence-electron chi connectivity index (χ1n) is 12.5. The number of carbonyl (C=O) groups is 1. The van der Waals surface area contributed by atoms with Crippen LogP contribution in [0.2, 0.25) is 0 Å². The van der Waals surface area contributed by atoms with Gasteiger partial charge >= 0.3 is 6.09 Å². The smallest absolute Gasteiger partial charge is 0.407 e. The van der Waals surface area contributed by atoms with Crippen LogP contribution in [0.1, 0.15) is 71.4 Å². The van der Waals surface area contributed by atoms with Crippen molar-refractivity contribution in [3.8, 4) is 11.3 Å². The highest BCUT2D eigenvalue weighted by Crippen LogP contribution is 2.45. The molecule has 2 aliphatic rings. The minimum Gasteiger partial charge on any atom is -0.444 e. The van der Waals surface area contributed by atoms with Gasteiger partial charge in [-0.05, 0) is 72.4 Å². The number of nitrogens with two attached hydrogens (primary N) is 1. The molecule has 2 aliphatic carbocycles. The number of nitrogen functional groups attached to an aromatic ring is 1. The van der Waals surface area contributed by atoms with Crippen LogP contribution in [0, 0.1) is 0 Å². The van der Waals surface area contributed by atoms with Crippen molar-refractivity contribution in [3.63, 3.8) is 0 Å². The molecule has 4 rings (SSSR count). The molecule has 9 nitrogen and oxygen atoms in total. The quantitative estimate of drug-likeness (QED) is 0.595. The Morgan fingerprint density at radius 3 is 2.50 bits per heavy atom. The van der Waals surface area contributed by atoms with E-state index in [1.807, 2.05) is 20.8 Å². The Balaban J connectivity index is 1.55. The predicted octanol–water partition coefficient (Wildman–Crippen LogP) is 4.64. The summed E-state index contributed by atoms with van der Waals surface area (Å²) in [5, 5.41) is 7.46. The van der Waals surface area contributed by atoms with E-state index in [0.29, 0.717) is 11.9 Å². The molecule has 194 valence electrons. The lowest BCUT2D eigenvalue weighted by Crippen LogP contribution is -2.44. The molecule has 0 spiro atoms. The Hall–Kier alpha value is -3.36. The van der Waals surface area contributed by atoms with Crippen molar-refractivity contribution in [1.82, 2.24) is 15.3 Å². The fraction of sp³-hybridized carbons (Fsp3) is 0.556. The van der Waals surface area contributed by atoms with Crippen LogP contribution >= 0.6 is 0 Å². The van der Waals surface area contributed by atoms with Gasteiger partial charge in [-0.1, -0.05) is 11.2 Å². The van der Waals surface area contributed by atoms with Crippen molar-refractivity contribution >= 4 is 23.3 Å². The molecule has 0 saturated heterocycles. The van der Waals surface area contributed by atoms with Crippen LogP contribution in [0.4, 0.5) is 16.3 Å². The number of hydrogen-bond acceptors (Lipinski definition) is 8. The van der Waals surface area contributed by atoms with Crippen molar-refractivity contribution < 1.29 is 14.4 Å². The number of carbonyl (C=O) groups excluding carboxylic acids is 1. The van der Waals surface area contributed by atoms with Gasteiger partial charge in [0.2, 0.25) is 0 Å². The van der Waals surface area contributed by atoms with Crippen LogP contribution < -0.4 is 16.0 Å². The van der Waals surface area contributed by atoms with Crippen LogP contribution in [0.15, 0.2) is 29.7 Å². The molecule has 1 aromatic carbocycles. The second kappa shape index (κ2) is 9.59. The van der Waals surface area contributed by atoms with Crippen LogP contribution in [0.3, 0.4) is 0 Å². The van der Waals surface area contributed by atoms with Crippen molar-refractivity contribution in [2.75, 3.05) is 24.8 Å². The van der Waals surface area contributed by atoms with Gasteiger partial charge in [-0.3, -0.25) is 0 Å². The molecule has 0 radical (unpaired) electrons. The fourth-order valence-corrected chi connectivity index (χ4v) is 5.38. The normalized spacial score (nSPS) is 21.8. The average molecular weight is 495 g/mol. The zero-order valence-electron chi connectivity index (χ0n) is 22.4. The van der Waals surface area contributed by atoms with Crippen molar-refractivity contribution in [3.05, 3.63) is 35.7 Å². The molecule has 0 bridgehead atoms. The zero-order chi connectivity index (χ0) is 26.3. The lowest BCUT2D eigenvalue weighted by atomic mass is 9.70. The number of ether oxygens (including phenoxy) is 1. The van der Waals surface area contributed by atoms with E-state index < -0.39 is 11.0 Å². The summed E-state index contributed by atoms with van der Waals surface area (Å²) in [6.45, 7) is 9.77. The molecule has 36 heavy (non-hydrogen) atoms. The van der Waals surface area contributed by atoms with E-state index in [1.54, 1.807) is 7.11 Å². The molecular formula is C27H38N6O3. The van der Waals surface area contributed by atoms with E-state index in [1.165, 1.54) is 6.33 Å². The summed E-state index contributed by atoms with van der Waals surface area (Å²) in [4.78, 5) is 28.6. The van der Waals surface area contributed by atoms with E-state index in [0.717, 1.165) is 59.5 Å². The third-order valence-electron chi connectivity index (χ3n) is 7.16. The number of anilines is 2. The summed E-state index contributed by atoms with van der Waals surface area (Å²) >= 11 is 0. The predicted molar refractivity (Wildman–Crippen MR) is 142 cm³/mol. The zero-order valence-corrected chi connectivity index (χ0v) is 22.4. The van der Waals surface area contributed by atoms with Gasteiger partial charge < -0.3 is 25.5 Å². The minimum atomic E-state index is -0.522. The summed E-state index contributed by atoms with van der Waals surface area (Å²) in [5.74, 6) is 0.456. The van der Waals surface area contributed by atoms with E-state index >= 15 is 0 Å². The van der Waals surface area contributed by atoms with Gasteiger partial charge in [0, 0.05) is 46.9 Å². The molecular weight excluding hydrogens is 456 g/mol. The third kappa shape index (κ3) is 4.96. The number of aromatic nitrogens is 2. The van der Waals surface area contributed by atoms with E-state index in [2.05, 4.69) is 64.4 Å². The van der Waals surface area contributed by atoms with Gasteiger partial charge in [-0.2, -0.15) is 0 Å². The summed E-state index contributed by atoms with van der Waals surface area (Å²) in [6.07, 6.45) is 4.94. The molecule has 0 aliphatic heterocycles. The summed E-state index contributed by atoms with van der Waals surface area (Å²) in [7, 11) is 3.69. The maximum atomic E-state index is 12.2. The standard InChI is InChI=1S/C27H38N6O3/c1-26(2,3)36-25(34)31-16-8-10-17(11-9-16)33(6)18-12-13-19-20(14-18)23(32-35-7)27(4,5)21-22(19)29-15-30-24(21)28/h12-17H,8-11H2,1-7H3,(H,31,34)(H2,28,29,30)/b32-23+. The highest BCUT2D eigenvalue weighted by atomic mass is 16.6. The van der Waals surface area contributed by atoms with Gasteiger partial charge in [0.05, 0.1) is 11.4 Å². The van der Waals surface area contributed by atoms with Gasteiger partial charge in [0.1, 0.15) is 24.9 Å². The number of nitrogens with zero attached hydrogens (tertiary/aromatic N) is 4. The number of hydrogen-bond donors (Lipinski definition) is 2. The Labute approximate surface area is 213 Å². The topological polar surface area (TPSA) is 115 Å². The Morgan fingerprint density at radius 2 is 1.86 bits per heavy atom. The molecule has 1 fully saturated rings. The number of benzene rings is 1. The Kier molecular flexibility index (Phi) is 6.86. The maximum absolute atomic E-state index is 12.2. The molecule has 9 heteroatoms. The first-order valence-corrected chi connectivity index (χ1v) is 12.5. The third-order valence-corrected chi connectivity index (χ3v) is 7.16. The van der Waals surface area contributed by atoms with E-state index in [-0.39, 0.29) is 12.1 Å². The first kappa shape index (κ1) is 25.7. The number of alkyl carbamates (subject to hydrolysis) is 1. The van der Waals surface area contributed by atoms with Gasteiger partial charge in [-0.15, -0.1) is 0 Å². The molecule has 0 unspecified atom stereocenters. The average Bonchev–Trinajstić information content (AvgIpc) is 2.80. The molecule has 0 atom stereocenters. The highest BCUT2D eigenvalue weighted by Gasteiger charge is 2.41. The maximum Gasteiger partial charge on any atom is 0.407 e. The summed E-state index contributed by atoms with van der Waals surface area (Å²) in [6, 6.07) is 6.87. The Morgan fingerprint density at radius 1 is 1.17 bits per heavy atom. The molecule has 1 heterocycles. The highest BCUT2D eigenvalue weighted by molar-refractivity contribution is 6.16. The summed E-state index contributed by atoms with van der Waals surface area (Å²) in [5.41, 5.74) is 10.8.